The second-order valence-electron chi connectivity index (χ2n) is 6.18. The first-order valence-corrected chi connectivity index (χ1v) is 10.3. The summed E-state index contributed by atoms with van der Waals surface area (Å²) in [4.78, 5) is 38.0. The van der Waals surface area contributed by atoms with Gasteiger partial charge in [0, 0.05) is 0 Å². The van der Waals surface area contributed by atoms with Crippen LogP contribution in [0.15, 0.2) is 21.5 Å². The Hall–Kier alpha value is -2.00. The third kappa shape index (κ3) is 4.88. The van der Waals surface area contributed by atoms with E-state index in [0.717, 1.165) is 16.7 Å². The number of ether oxygens (including phenoxy) is 3. The smallest absolute Gasteiger partial charge is 0.329 e. The first-order chi connectivity index (χ1) is 13.2. The van der Waals surface area contributed by atoms with Gasteiger partial charge in [-0.3, -0.25) is 14.5 Å². The molecule has 2 amide bonds. The number of amides is 2. The normalized spacial score (nSPS) is 16.7. The largest absolute Gasteiger partial charge is 0.493 e. The van der Waals surface area contributed by atoms with Gasteiger partial charge in [-0.1, -0.05) is 0 Å². The van der Waals surface area contributed by atoms with E-state index in [1.165, 1.54) is 14.0 Å². The number of methoxy groups -OCH3 is 1. The highest BCUT2D eigenvalue weighted by molar-refractivity contribution is 9.10. The summed E-state index contributed by atoms with van der Waals surface area (Å²) >= 11 is 4.23. The monoisotopic (exact) mass is 471 g/mol. The lowest BCUT2D eigenvalue weighted by molar-refractivity contribution is -0.150. The molecule has 152 valence electrons. The van der Waals surface area contributed by atoms with Crippen LogP contribution in [0.25, 0.3) is 6.08 Å². The van der Waals surface area contributed by atoms with Gasteiger partial charge in [-0.25, -0.2) is 4.79 Å². The van der Waals surface area contributed by atoms with E-state index in [0.29, 0.717) is 21.5 Å². The minimum atomic E-state index is -0.985. The van der Waals surface area contributed by atoms with Crippen LogP contribution in [0.4, 0.5) is 4.79 Å². The van der Waals surface area contributed by atoms with Gasteiger partial charge in [0.1, 0.15) is 6.04 Å². The number of hydrogen-bond donors (Lipinski definition) is 0. The molecule has 1 atom stereocenters. The van der Waals surface area contributed by atoms with Crippen molar-refractivity contribution in [3.8, 4) is 11.5 Å². The van der Waals surface area contributed by atoms with E-state index < -0.39 is 23.2 Å². The Morgan fingerprint density at radius 2 is 1.96 bits per heavy atom. The van der Waals surface area contributed by atoms with Crippen LogP contribution in [0.1, 0.15) is 33.3 Å². The molecule has 0 N–H and O–H groups in total. The van der Waals surface area contributed by atoms with Gasteiger partial charge in [0.2, 0.25) is 0 Å². The Morgan fingerprint density at radius 3 is 2.54 bits per heavy atom. The van der Waals surface area contributed by atoms with E-state index in [1.807, 2.05) is 13.8 Å². The van der Waals surface area contributed by atoms with Crippen molar-refractivity contribution in [3.05, 3.63) is 27.1 Å². The molecule has 9 heteroatoms. The van der Waals surface area contributed by atoms with Crippen molar-refractivity contribution in [2.24, 2.45) is 0 Å². The molecule has 1 aromatic rings. The third-order valence-corrected chi connectivity index (χ3v) is 5.21. The number of imide groups is 1. The number of halogens is 1. The number of carbonyl (C=O) groups is 3. The summed E-state index contributed by atoms with van der Waals surface area (Å²) in [7, 11) is 1.52. The predicted molar refractivity (Wildman–Crippen MR) is 110 cm³/mol. The molecule has 0 aromatic heterocycles. The van der Waals surface area contributed by atoms with Crippen molar-refractivity contribution in [1.82, 2.24) is 4.90 Å². The van der Waals surface area contributed by atoms with E-state index >= 15 is 0 Å². The molecule has 0 aliphatic carbocycles. The molecule has 0 spiro atoms. The Balaban J connectivity index is 2.33. The molecule has 28 heavy (non-hydrogen) atoms. The Labute approximate surface area is 176 Å². The van der Waals surface area contributed by atoms with E-state index in [1.54, 1.807) is 25.1 Å². The zero-order chi connectivity index (χ0) is 21.0. The topological polar surface area (TPSA) is 82.1 Å². The van der Waals surface area contributed by atoms with Gasteiger partial charge >= 0.3 is 5.97 Å². The number of esters is 1. The minimum Gasteiger partial charge on any atom is -0.493 e. The Bertz CT molecular complexity index is 823. The summed E-state index contributed by atoms with van der Waals surface area (Å²) < 4.78 is 16.7. The lowest BCUT2D eigenvalue weighted by Crippen LogP contribution is -2.42. The molecular formula is C19H22BrNO6S. The maximum Gasteiger partial charge on any atom is 0.329 e. The number of carbonyl (C=O) groups excluding carboxylic acids is 3. The zero-order valence-corrected chi connectivity index (χ0v) is 18.7. The molecule has 7 nitrogen and oxygen atoms in total. The summed E-state index contributed by atoms with van der Waals surface area (Å²) in [6, 6.07) is 2.50. The number of hydrogen-bond acceptors (Lipinski definition) is 7. The van der Waals surface area contributed by atoms with Crippen molar-refractivity contribution in [2.45, 2.75) is 39.8 Å². The molecule has 1 saturated heterocycles. The predicted octanol–water partition coefficient (Wildman–Crippen LogP) is 4.23. The lowest BCUT2D eigenvalue weighted by Gasteiger charge is -2.19. The molecule has 2 rings (SSSR count). The first-order valence-electron chi connectivity index (χ1n) is 8.67. The van der Waals surface area contributed by atoms with Crippen molar-refractivity contribution in [2.75, 3.05) is 13.7 Å². The van der Waals surface area contributed by atoms with Crippen LogP contribution in [0, 0.1) is 0 Å². The maximum absolute atomic E-state index is 12.7. The minimum absolute atomic E-state index is 0.0445. The van der Waals surface area contributed by atoms with Gasteiger partial charge in [0.05, 0.1) is 29.2 Å². The van der Waals surface area contributed by atoms with Crippen LogP contribution >= 0.6 is 27.7 Å². The molecule has 1 aromatic carbocycles. The fourth-order valence-corrected chi connectivity index (χ4v) is 3.97. The summed E-state index contributed by atoms with van der Waals surface area (Å²) in [5, 5.41) is -0.511. The van der Waals surface area contributed by atoms with Crippen LogP contribution in [0.3, 0.4) is 0 Å². The standard InChI is InChI=1S/C19H22BrNO6S/c1-6-26-18(23)11(4)21-17(22)15(28-19(21)24)9-12-7-13(20)16(27-10(2)3)14(8-12)25-5/h7-11H,6H2,1-5H3/b15-9-/t11-/m0/s1. The van der Waals surface area contributed by atoms with Gasteiger partial charge < -0.3 is 14.2 Å². The van der Waals surface area contributed by atoms with Crippen LogP contribution in [-0.4, -0.2) is 47.9 Å². The van der Waals surface area contributed by atoms with E-state index in [9.17, 15) is 14.4 Å². The molecule has 0 bridgehead atoms. The van der Waals surface area contributed by atoms with E-state index in [2.05, 4.69) is 15.9 Å². The highest BCUT2D eigenvalue weighted by Gasteiger charge is 2.41. The van der Waals surface area contributed by atoms with Gasteiger partial charge in [-0.2, -0.15) is 0 Å². The van der Waals surface area contributed by atoms with Crippen LogP contribution in [0.5, 0.6) is 11.5 Å². The summed E-state index contributed by atoms with van der Waals surface area (Å²) in [5.41, 5.74) is 0.647. The summed E-state index contributed by atoms with van der Waals surface area (Å²) in [6.07, 6.45) is 1.53. The van der Waals surface area contributed by atoms with Crippen molar-refractivity contribution in [3.63, 3.8) is 0 Å². The Morgan fingerprint density at radius 1 is 1.29 bits per heavy atom. The van der Waals surface area contributed by atoms with Crippen molar-refractivity contribution >= 4 is 50.9 Å². The number of rotatable bonds is 7. The molecule has 1 aliphatic rings. The molecular weight excluding hydrogens is 450 g/mol. The Kier molecular flexibility index (Phi) is 7.54. The van der Waals surface area contributed by atoms with Crippen LogP contribution < -0.4 is 9.47 Å². The number of nitrogens with zero attached hydrogens (tertiary/aromatic N) is 1. The molecule has 1 heterocycles. The van der Waals surface area contributed by atoms with Gasteiger partial charge in [0.25, 0.3) is 11.1 Å². The maximum atomic E-state index is 12.7. The van der Waals surface area contributed by atoms with Crippen molar-refractivity contribution in [1.29, 1.82) is 0 Å². The molecule has 0 unspecified atom stereocenters. The van der Waals surface area contributed by atoms with Crippen molar-refractivity contribution < 1.29 is 28.6 Å². The fourth-order valence-electron chi connectivity index (χ4n) is 2.51. The second kappa shape index (κ2) is 9.47. The van der Waals surface area contributed by atoms with Gasteiger partial charge in [-0.15, -0.1) is 0 Å². The SMILES string of the molecule is CCOC(=O)[C@H](C)N1C(=O)S/C(=C\c2cc(Br)c(OC(C)C)c(OC)c2)C1=O. The fraction of sp³-hybridized carbons (Fsp3) is 0.421. The second-order valence-corrected chi connectivity index (χ2v) is 8.03. The van der Waals surface area contributed by atoms with E-state index in [-0.39, 0.29) is 17.6 Å². The molecule has 1 fully saturated rings. The summed E-state index contributed by atoms with van der Waals surface area (Å²) in [5.74, 6) is -0.106. The van der Waals surface area contributed by atoms with Crippen LogP contribution in [0.2, 0.25) is 0 Å². The van der Waals surface area contributed by atoms with Gasteiger partial charge in [-0.05, 0) is 79.2 Å². The third-order valence-electron chi connectivity index (χ3n) is 3.74. The van der Waals surface area contributed by atoms with Gasteiger partial charge in [0.15, 0.2) is 11.5 Å². The van der Waals surface area contributed by atoms with E-state index in [4.69, 9.17) is 14.2 Å². The highest BCUT2D eigenvalue weighted by atomic mass is 79.9. The molecule has 0 radical (unpaired) electrons. The first kappa shape index (κ1) is 22.3. The lowest BCUT2D eigenvalue weighted by atomic mass is 10.1. The number of thioether (sulfide) groups is 1. The summed E-state index contributed by atoms with van der Waals surface area (Å²) in [6.45, 7) is 7.11. The average Bonchev–Trinajstić information content (AvgIpc) is 2.89. The average molecular weight is 472 g/mol. The molecule has 1 aliphatic heterocycles. The quantitative estimate of drug-likeness (QED) is 0.434. The highest BCUT2D eigenvalue weighted by Crippen LogP contribution is 2.39. The number of benzene rings is 1. The zero-order valence-electron chi connectivity index (χ0n) is 16.3. The van der Waals surface area contributed by atoms with Crippen LogP contribution in [-0.2, 0) is 14.3 Å². The molecule has 0 saturated carbocycles.